The van der Waals surface area contributed by atoms with Crippen molar-refractivity contribution >= 4 is 50.3 Å². The Hall–Kier alpha value is -2.94. The van der Waals surface area contributed by atoms with Crippen LogP contribution >= 0.6 is 23.2 Å². The first-order chi connectivity index (χ1) is 15.5. The summed E-state index contributed by atoms with van der Waals surface area (Å²) in [4.78, 5) is 21.5. The van der Waals surface area contributed by atoms with Crippen molar-refractivity contribution in [3.05, 3.63) is 88.1 Å². The lowest BCUT2D eigenvalue weighted by atomic mass is 9.87. The monoisotopic (exact) mass is 502 g/mol. The largest absolute Gasteiger partial charge is 0.290 e. The van der Waals surface area contributed by atoms with Gasteiger partial charge in [0.15, 0.2) is 0 Å². The highest BCUT2D eigenvalue weighted by atomic mass is 35.5. The van der Waals surface area contributed by atoms with Crippen LogP contribution in [0.25, 0.3) is 5.65 Å². The van der Waals surface area contributed by atoms with Gasteiger partial charge in [-0.05, 0) is 41.3 Å². The molecule has 0 amide bonds. The Morgan fingerprint density at radius 1 is 1.00 bits per heavy atom. The molecule has 0 saturated carbocycles. The third-order valence-electron chi connectivity index (χ3n) is 5.07. The number of ketones is 1. The standard InChI is InChI=1S/C23H20Cl2N4O3S/c1-23(2,3)15-5-7-17(8-6-15)33(31,32)28-18-10-16(24)11-27-21(18)22(30)14-4-9-20-26-12-19(25)29(20)13-14/h4-13,28H,1-3H3. The summed E-state index contributed by atoms with van der Waals surface area (Å²) in [7, 11) is -4.00. The van der Waals surface area contributed by atoms with Gasteiger partial charge in [-0.15, -0.1) is 0 Å². The number of imidazole rings is 1. The first-order valence-electron chi connectivity index (χ1n) is 9.92. The highest BCUT2D eigenvalue weighted by Crippen LogP contribution is 2.27. The van der Waals surface area contributed by atoms with Crippen LogP contribution in [0.15, 0.2) is 66.0 Å². The van der Waals surface area contributed by atoms with Gasteiger partial charge in [0.05, 0.1) is 21.8 Å². The van der Waals surface area contributed by atoms with Crippen LogP contribution in [0.1, 0.15) is 42.4 Å². The summed E-state index contributed by atoms with van der Waals surface area (Å²) >= 11 is 12.2. The number of benzene rings is 1. The lowest BCUT2D eigenvalue weighted by Gasteiger charge is -2.19. The fourth-order valence-corrected chi connectivity index (χ4v) is 4.66. The topological polar surface area (TPSA) is 93.4 Å². The molecule has 33 heavy (non-hydrogen) atoms. The van der Waals surface area contributed by atoms with Gasteiger partial charge in [0.1, 0.15) is 16.5 Å². The number of halogens is 2. The van der Waals surface area contributed by atoms with E-state index in [1.807, 2.05) is 20.8 Å². The van der Waals surface area contributed by atoms with E-state index in [1.165, 1.54) is 36.8 Å². The van der Waals surface area contributed by atoms with Crippen molar-refractivity contribution in [1.82, 2.24) is 14.4 Å². The number of aromatic nitrogens is 3. The second kappa shape index (κ2) is 8.44. The minimum Gasteiger partial charge on any atom is -0.290 e. The van der Waals surface area contributed by atoms with E-state index < -0.39 is 15.8 Å². The smallest absolute Gasteiger partial charge is 0.261 e. The summed E-state index contributed by atoms with van der Waals surface area (Å²) in [5.74, 6) is -0.501. The molecule has 1 aromatic carbocycles. The van der Waals surface area contributed by atoms with Crippen molar-refractivity contribution in [3.63, 3.8) is 0 Å². The highest BCUT2D eigenvalue weighted by Gasteiger charge is 2.23. The number of nitrogens with zero attached hydrogens (tertiary/aromatic N) is 3. The molecule has 0 radical (unpaired) electrons. The number of hydrogen-bond acceptors (Lipinski definition) is 5. The molecule has 3 heterocycles. The molecule has 0 unspecified atom stereocenters. The van der Waals surface area contributed by atoms with E-state index in [9.17, 15) is 13.2 Å². The van der Waals surface area contributed by atoms with Crippen LogP contribution in [0.5, 0.6) is 0 Å². The molecular weight excluding hydrogens is 483 g/mol. The first-order valence-corrected chi connectivity index (χ1v) is 12.2. The Morgan fingerprint density at radius 2 is 1.70 bits per heavy atom. The molecule has 0 spiro atoms. The quantitative estimate of drug-likeness (QED) is 0.370. The van der Waals surface area contributed by atoms with Crippen molar-refractivity contribution in [3.8, 4) is 0 Å². The zero-order valence-corrected chi connectivity index (χ0v) is 20.3. The summed E-state index contributed by atoms with van der Waals surface area (Å²) in [6, 6.07) is 11.1. The van der Waals surface area contributed by atoms with Gasteiger partial charge >= 0.3 is 0 Å². The third kappa shape index (κ3) is 4.73. The number of rotatable bonds is 5. The molecule has 0 aliphatic carbocycles. The van der Waals surface area contributed by atoms with Crippen molar-refractivity contribution in [2.75, 3.05) is 4.72 Å². The van der Waals surface area contributed by atoms with Crippen LogP contribution in [-0.2, 0) is 15.4 Å². The van der Waals surface area contributed by atoms with Crippen molar-refractivity contribution in [1.29, 1.82) is 0 Å². The third-order valence-corrected chi connectivity index (χ3v) is 6.93. The van der Waals surface area contributed by atoms with Gasteiger partial charge in [-0.25, -0.2) is 18.4 Å². The van der Waals surface area contributed by atoms with E-state index in [4.69, 9.17) is 23.2 Å². The van der Waals surface area contributed by atoms with E-state index >= 15 is 0 Å². The van der Waals surface area contributed by atoms with Crippen molar-refractivity contribution < 1.29 is 13.2 Å². The van der Waals surface area contributed by atoms with E-state index in [-0.39, 0.29) is 32.3 Å². The average Bonchev–Trinajstić information content (AvgIpc) is 3.13. The molecule has 0 saturated heterocycles. The highest BCUT2D eigenvalue weighted by molar-refractivity contribution is 7.92. The fraction of sp³-hybridized carbons (Fsp3) is 0.174. The van der Waals surface area contributed by atoms with E-state index in [1.54, 1.807) is 28.7 Å². The lowest BCUT2D eigenvalue weighted by molar-refractivity contribution is 0.103. The van der Waals surface area contributed by atoms with Crippen LogP contribution in [0.3, 0.4) is 0 Å². The molecule has 0 aliphatic heterocycles. The van der Waals surface area contributed by atoms with E-state index in [0.717, 1.165) is 5.56 Å². The number of carbonyl (C=O) groups excluding carboxylic acids is 1. The summed E-state index contributed by atoms with van der Waals surface area (Å²) in [5, 5.41) is 0.517. The summed E-state index contributed by atoms with van der Waals surface area (Å²) in [5.41, 5.74) is 1.59. The molecule has 0 fully saturated rings. The maximum Gasteiger partial charge on any atom is 0.261 e. The van der Waals surface area contributed by atoms with Crippen LogP contribution in [0.4, 0.5) is 5.69 Å². The number of carbonyl (C=O) groups is 1. The molecule has 4 rings (SSSR count). The number of fused-ring (bicyclic) bond motifs is 1. The van der Waals surface area contributed by atoms with Crippen molar-refractivity contribution in [2.45, 2.75) is 31.1 Å². The minimum absolute atomic E-state index is 0.0239. The summed E-state index contributed by atoms with van der Waals surface area (Å²) < 4.78 is 30.1. The SMILES string of the molecule is CC(C)(C)c1ccc(S(=O)(=O)Nc2cc(Cl)cnc2C(=O)c2ccc3ncc(Cl)n3c2)cc1. The number of anilines is 1. The lowest BCUT2D eigenvalue weighted by Crippen LogP contribution is -2.18. The van der Waals surface area contributed by atoms with Gasteiger partial charge in [-0.3, -0.25) is 13.9 Å². The van der Waals surface area contributed by atoms with E-state index in [2.05, 4.69) is 14.7 Å². The van der Waals surface area contributed by atoms with Crippen LogP contribution in [0.2, 0.25) is 10.2 Å². The predicted molar refractivity (Wildman–Crippen MR) is 129 cm³/mol. The van der Waals surface area contributed by atoms with Crippen LogP contribution in [-0.4, -0.2) is 28.6 Å². The predicted octanol–water partition coefficient (Wildman–Crippen LogP) is 5.37. The molecule has 0 aliphatic rings. The maximum absolute atomic E-state index is 13.2. The Bertz CT molecular complexity index is 1470. The van der Waals surface area contributed by atoms with Gasteiger partial charge in [-0.2, -0.15) is 0 Å². The molecule has 0 atom stereocenters. The molecule has 3 aromatic heterocycles. The molecule has 1 N–H and O–H groups in total. The molecule has 7 nitrogen and oxygen atoms in total. The number of nitrogens with one attached hydrogen (secondary N) is 1. The Labute approximate surface area is 201 Å². The van der Waals surface area contributed by atoms with Crippen LogP contribution in [0, 0.1) is 0 Å². The van der Waals surface area contributed by atoms with Gasteiger partial charge in [0.25, 0.3) is 10.0 Å². The summed E-state index contributed by atoms with van der Waals surface area (Å²) in [6.45, 7) is 6.12. The second-order valence-electron chi connectivity index (χ2n) is 8.49. The Kier molecular flexibility index (Phi) is 5.94. The molecule has 0 bridgehead atoms. The zero-order chi connectivity index (χ0) is 24.0. The van der Waals surface area contributed by atoms with Crippen molar-refractivity contribution in [2.24, 2.45) is 0 Å². The molecular formula is C23H20Cl2N4O3S. The molecule has 4 aromatic rings. The number of sulfonamides is 1. The maximum atomic E-state index is 13.2. The normalized spacial score (nSPS) is 12.2. The van der Waals surface area contributed by atoms with Crippen LogP contribution < -0.4 is 4.72 Å². The Balaban J connectivity index is 1.70. The van der Waals surface area contributed by atoms with Gasteiger partial charge < -0.3 is 0 Å². The van der Waals surface area contributed by atoms with Gasteiger partial charge in [0, 0.05) is 18.0 Å². The summed E-state index contributed by atoms with van der Waals surface area (Å²) in [6.07, 6.45) is 4.27. The first kappa shape index (κ1) is 23.2. The number of hydrogen-bond donors (Lipinski definition) is 1. The zero-order valence-electron chi connectivity index (χ0n) is 18.0. The molecule has 10 heteroatoms. The Morgan fingerprint density at radius 3 is 2.36 bits per heavy atom. The average molecular weight is 503 g/mol. The van der Waals surface area contributed by atoms with Gasteiger partial charge in [-0.1, -0.05) is 56.1 Å². The van der Waals surface area contributed by atoms with Gasteiger partial charge in [0.2, 0.25) is 5.78 Å². The molecule has 170 valence electrons. The number of pyridine rings is 2. The minimum atomic E-state index is -4.00. The second-order valence-corrected chi connectivity index (χ2v) is 11.0. The fourth-order valence-electron chi connectivity index (χ4n) is 3.26. The van der Waals surface area contributed by atoms with E-state index in [0.29, 0.717) is 10.8 Å².